The van der Waals surface area contributed by atoms with Crippen molar-refractivity contribution in [2.75, 3.05) is 6.54 Å². The van der Waals surface area contributed by atoms with Gasteiger partial charge in [-0.2, -0.15) is 0 Å². The first kappa shape index (κ1) is 15.4. The lowest BCUT2D eigenvalue weighted by molar-refractivity contribution is 0.0741. The van der Waals surface area contributed by atoms with Crippen LogP contribution in [-0.4, -0.2) is 23.4 Å². The van der Waals surface area contributed by atoms with Crippen molar-refractivity contribution in [2.45, 2.75) is 32.2 Å². The number of fused-ring (bicyclic) bond motifs is 1. The molecule has 0 N–H and O–H groups in total. The van der Waals surface area contributed by atoms with Gasteiger partial charge >= 0.3 is 0 Å². The highest BCUT2D eigenvalue weighted by Gasteiger charge is 2.30. The Morgan fingerprint density at radius 1 is 1.12 bits per heavy atom. The minimum atomic E-state index is 0.204. The lowest BCUT2D eigenvalue weighted by Gasteiger charge is -2.25. The maximum atomic E-state index is 12.9. The zero-order valence-electron chi connectivity index (χ0n) is 13.9. The number of carbonyl (C=O) groups excluding carboxylic acids is 1. The highest BCUT2D eigenvalue weighted by atomic mass is 32.1. The molecule has 2 aromatic carbocycles. The Balaban J connectivity index is 1.60. The SMILES string of the molecule is Cc1ccc(C(=O)N2CCC[C@@H]2Cc2cccc3ccccc23)s1. The first-order valence-corrected chi connectivity index (χ1v) is 9.38. The number of benzene rings is 2. The van der Waals surface area contributed by atoms with Crippen LogP contribution in [0.4, 0.5) is 0 Å². The van der Waals surface area contributed by atoms with Gasteiger partial charge in [0.2, 0.25) is 0 Å². The van der Waals surface area contributed by atoms with E-state index >= 15 is 0 Å². The number of carbonyl (C=O) groups is 1. The van der Waals surface area contributed by atoms with Crippen LogP contribution in [0, 0.1) is 6.92 Å². The van der Waals surface area contributed by atoms with Crippen LogP contribution in [0.3, 0.4) is 0 Å². The van der Waals surface area contributed by atoms with E-state index in [1.165, 1.54) is 21.2 Å². The largest absolute Gasteiger partial charge is 0.335 e. The summed E-state index contributed by atoms with van der Waals surface area (Å²) in [6.45, 7) is 2.93. The molecule has 1 aliphatic rings. The Morgan fingerprint density at radius 2 is 1.96 bits per heavy atom. The smallest absolute Gasteiger partial charge is 0.264 e. The van der Waals surface area contributed by atoms with E-state index in [0.717, 1.165) is 30.7 Å². The fourth-order valence-electron chi connectivity index (χ4n) is 3.73. The summed E-state index contributed by atoms with van der Waals surface area (Å²) in [5.41, 5.74) is 1.35. The lowest BCUT2D eigenvalue weighted by atomic mass is 9.97. The normalized spacial score (nSPS) is 17.5. The van der Waals surface area contributed by atoms with Gasteiger partial charge in [-0.15, -0.1) is 11.3 Å². The third-order valence-corrected chi connectivity index (χ3v) is 5.91. The molecule has 3 aromatic rings. The molecule has 122 valence electrons. The summed E-state index contributed by atoms with van der Waals surface area (Å²) < 4.78 is 0. The number of hydrogen-bond donors (Lipinski definition) is 0. The summed E-state index contributed by atoms with van der Waals surface area (Å²) in [5.74, 6) is 0.204. The van der Waals surface area contributed by atoms with E-state index in [-0.39, 0.29) is 5.91 Å². The van der Waals surface area contributed by atoms with Crippen molar-refractivity contribution in [1.82, 2.24) is 4.90 Å². The topological polar surface area (TPSA) is 20.3 Å². The van der Waals surface area contributed by atoms with Gasteiger partial charge in [-0.25, -0.2) is 0 Å². The Morgan fingerprint density at radius 3 is 2.79 bits per heavy atom. The molecule has 1 saturated heterocycles. The molecule has 0 radical (unpaired) electrons. The number of rotatable bonds is 3. The van der Waals surface area contributed by atoms with Crippen molar-refractivity contribution in [3.63, 3.8) is 0 Å². The van der Waals surface area contributed by atoms with Gasteiger partial charge in [0.25, 0.3) is 5.91 Å². The number of hydrogen-bond acceptors (Lipinski definition) is 2. The zero-order valence-corrected chi connectivity index (χ0v) is 14.7. The van der Waals surface area contributed by atoms with Crippen LogP contribution in [0.1, 0.15) is 33.0 Å². The van der Waals surface area contributed by atoms with Crippen molar-refractivity contribution >= 4 is 28.0 Å². The Kier molecular flexibility index (Phi) is 4.11. The van der Waals surface area contributed by atoms with E-state index in [2.05, 4.69) is 54.3 Å². The predicted molar refractivity (Wildman–Crippen MR) is 101 cm³/mol. The fraction of sp³-hybridized carbons (Fsp3) is 0.286. The molecule has 1 atom stereocenters. The van der Waals surface area contributed by atoms with Crippen LogP contribution in [0.5, 0.6) is 0 Å². The van der Waals surface area contributed by atoms with E-state index < -0.39 is 0 Å². The molecule has 0 saturated carbocycles. The van der Waals surface area contributed by atoms with Gasteiger partial charge in [0.15, 0.2) is 0 Å². The summed E-state index contributed by atoms with van der Waals surface area (Å²) in [4.78, 5) is 17.0. The third-order valence-electron chi connectivity index (χ3n) is 4.92. The molecular formula is C21H21NOS. The Hall–Kier alpha value is -2.13. The van der Waals surface area contributed by atoms with E-state index in [9.17, 15) is 4.79 Å². The van der Waals surface area contributed by atoms with Crippen molar-refractivity contribution < 1.29 is 4.79 Å². The minimum absolute atomic E-state index is 0.204. The maximum absolute atomic E-state index is 12.9. The van der Waals surface area contributed by atoms with Gasteiger partial charge in [0.05, 0.1) is 4.88 Å². The molecule has 24 heavy (non-hydrogen) atoms. The molecule has 1 amide bonds. The van der Waals surface area contributed by atoms with Gasteiger partial charge in [-0.3, -0.25) is 4.79 Å². The molecule has 0 aliphatic carbocycles. The summed E-state index contributed by atoms with van der Waals surface area (Å²) in [6.07, 6.45) is 3.14. The first-order valence-electron chi connectivity index (χ1n) is 8.56. The van der Waals surface area contributed by atoms with Crippen LogP contribution in [0.25, 0.3) is 10.8 Å². The molecule has 0 spiro atoms. The molecular weight excluding hydrogens is 314 g/mol. The number of aryl methyl sites for hydroxylation is 1. The summed E-state index contributed by atoms with van der Waals surface area (Å²) >= 11 is 1.60. The monoisotopic (exact) mass is 335 g/mol. The Labute approximate surface area is 146 Å². The number of nitrogens with zero attached hydrogens (tertiary/aromatic N) is 1. The summed E-state index contributed by atoms with van der Waals surface area (Å²) in [7, 11) is 0. The highest BCUT2D eigenvalue weighted by molar-refractivity contribution is 7.13. The van der Waals surface area contributed by atoms with Gasteiger partial charge in [0.1, 0.15) is 0 Å². The maximum Gasteiger partial charge on any atom is 0.264 e. The third kappa shape index (κ3) is 2.84. The predicted octanol–water partition coefficient (Wildman–Crippen LogP) is 5.06. The lowest BCUT2D eigenvalue weighted by Crippen LogP contribution is -2.36. The second-order valence-electron chi connectivity index (χ2n) is 6.55. The van der Waals surface area contributed by atoms with Gasteiger partial charge in [-0.05, 0) is 54.7 Å². The number of amides is 1. The van der Waals surface area contributed by atoms with E-state index in [0.29, 0.717) is 6.04 Å². The molecule has 1 aliphatic heterocycles. The minimum Gasteiger partial charge on any atom is -0.335 e. The van der Waals surface area contributed by atoms with E-state index in [1.54, 1.807) is 11.3 Å². The van der Waals surface area contributed by atoms with Gasteiger partial charge < -0.3 is 4.90 Å². The average molecular weight is 335 g/mol. The van der Waals surface area contributed by atoms with Crippen LogP contribution in [0.15, 0.2) is 54.6 Å². The van der Waals surface area contributed by atoms with Gasteiger partial charge in [0, 0.05) is 17.5 Å². The molecule has 2 nitrogen and oxygen atoms in total. The second-order valence-corrected chi connectivity index (χ2v) is 7.84. The van der Waals surface area contributed by atoms with Crippen LogP contribution >= 0.6 is 11.3 Å². The highest BCUT2D eigenvalue weighted by Crippen LogP contribution is 2.28. The zero-order chi connectivity index (χ0) is 16.5. The molecule has 4 rings (SSSR count). The molecule has 1 fully saturated rings. The van der Waals surface area contributed by atoms with Gasteiger partial charge in [-0.1, -0.05) is 42.5 Å². The van der Waals surface area contributed by atoms with Crippen molar-refractivity contribution in [2.24, 2.45) is 0 Å². The standard InChI is InChI=1S/C21H21NOS/c1-15-11-12-20(24-15)21(23)22-13-5-9-18(22)14-17-8-4-7-16-6-2-3-10-19(16)17/h2-4,6-8,10-12,18H,5,9,13-14H2,1H3/t18-/m1/s1. The molecule has 0 unspecified atom stereocenters. The van der Waals surface area contributed by atoms with Crippen molar-refractivity contribution in [3.8, 4) is 0 Å². The van der Waals surface area contributed by atoms with Crippen molar-refractivity contribution in [1.29, 1.82) is 0 Å². The van der Waals surface area contributed by atoms with Crippen molar-refractivity contribution in [3.05, 3.63) is 69.9 Å². The molecule has 3 heteroatoms. The van der Waals surface area contributed by atoms with E-state index in [4.69, 9.17) is 0 Å². The second kappa shape index (κ2) is 6.40. The molecule has 2 heterocycles. The average Bonchev–Trinajstić information content (AvgIpc) is 3.24. The fourth-order valence-corrected chi connectivity index (χ4v) is 4.55. The first-order chi connectivity index (χ1) is 11.7. The van der Waals surface area contributed by atoms with Crippen LogP contribution < -0.4 is 0 Å². The summed E-state index contributed by atoms with van der Waals surface area (Å²) in [5, 5.41) is 2.59. The molecule has 0 bridgehead atoms. The quantitative estimate of drug-likeness (QED) is 0.655. The molecule has 1 aromatic heterocycles. The number of thiophene rings is 1. The summed E-state index contributed by atoms with van der Waals surface area (Å²) in [6, 6.07) is 19.3. The van der Waals surface area contributed by atoms with Crippen LogP contribution in [0.2, 0.25) is 0 Å². The Bertz CT molecular complexity index is 877. The van der Waals surface area contributed by atoms with E-state index in [1.807, 2.05) is 12.1 Å². The van der Waals surface area contributed by atoms with Crippen LogP contribution in [-0.2, 0) is 6.42 Å². The number of likely N-dealkylation sites (tertiary alicyclic amines) is 1.